The standard InChI is InChI=1S/C21H24ClF3N4O/c22-19-8-3-16(21(23,24)25)10-15(19)13-27-17-4-6-18(7-5-17)29-20(30)28-12-14-2-1-9-26-11-14/h1-3,8-11,17-18,27H,4-7,12-13H2,(H2,28,29,30)/t17-,18-. The fourth-order valence-corrected chi connectivity index (χ4v) is 3.69. The number of nitrogens with one attached hydrogen (secondary N) is 3. The first-order valence-electron chi connectivity index (χ1n) is 9.83. The quantitative estimate of drug-likeness (QED) is 0.612. The Morgan fingerprint density at radius 1 is 1.10 bits per heavy atom. The third-order valence-corrected chi connectivity index (χ3v) is 5.56. The SMILES string of the molecule is O=C(NCc1cccnc1)N[C@H]1CC[C@H](NCc2cc(C(F)(F)F)ccc2Cl)CC1. The van der Waals surface area contributed by atoms with Crippen molar-refractivity contribution in [3.05, 3.63) is 64.4 Å². The lowest BCUT2D eigenvalue weighted by Gasteiger charge is -2.30. The number of rotatable bonds is 6. The van der Waals surface area contributed by atoms with Crippen molar-refractivity contribution in [3.8, 4) is 0 Å². The number of halogens is 4. The van der Waals surface area contributed by atoms with E-state index in [1.807, 2.05) is 12.1 Å². The zero-order valence-corrected chi connectivity index (χ0v) is 17.1. The number of urea groups is 1. The molecule has 0 unspecified atom stereocenters. The van der Waals surface area contributed by atoms with E-state index in [1.165, 1.54) is 6.07 Å². The monoisotopic (exact) mass is 440 g/mol. The van der Waals surface area contributed by atoms with Crippen molar-refractivity contribution in [2.24, 2.45) is 0 Å². The molecule has 3 N–H and O–H groups in total. The molecule has 3 rings (SSSR count). The average Bonchev–Trinajstić information content (AvgIpc) is 2.72. The highest BCUT2D eigenvalue weighted by molar-refractivity contribution is 6.31. The van der Waals surface area contributed by atoms with Gasteiger partial charge >= 0.3 is 12.2 Å². The van der Waals surface area contributed by atoms with Gasteiger partial charge in [-0.15, -0.1) is 0 Å². The Morgan fingerprint density at radius 3 is 2.50 bits per heavy atom. The molecule has 0 saturated heterocycles. The van der Waals surface area contributed by atoms with Crippen LogP contribution in [0.4, 0.5) is 18.0 Å². The lowest BCUT2D eigenvalue weighted by molar-refractivity contribution is -0.137. The summed E-state index contributed by atoms with van der Waals surface area (Å²) in [6.45, 7) is 0.686. The number of nitrogens with zero attached hydrogens (tertiary/aromatic N) is 1. The molecule has 1 heterocycles. The molecular weight excluding hydrogens is 417 g/mol. The Labute approximate surface area is 178 Å². The van der Waals surface area contributed by atoms with Gasteiger partial charge in [0.15, 0.2) is 0 Å². The van der Waals surface area contributed by atoms with Gasteiger partial charge in [0.25, 0.3) is 0 Å². The minimum Gasteiger partial charge on any atom is -0.335 e. The first kappa shape index (κ1) is 22.4. The van der Waals surface area contributed by atoms with E-state index in [0.29, 0.717) is 17.1 Å². The van der Waals surface area contributed by atoms with E-state index in [-0.39, 0.29) is 24.7 Å². The predicted molar refractivity (Wildman–Crippen MR) is 109 cm³/mol. The van der Waals surface area contributed by atoms with Gasteiger partial charge in [0.1, 0.15) is 0 Å². The fourth-order valence-electron chi connectivity index (χ4n) is 3.50. The Kier molecular flexibility index (Phi) is 7.55. The lowest BCUT2D eigenvalue weighted by Crippen LogP contribution is -2.45. The highest BCUT2D eigenvalue weighted by Gasteiger charge is 2.31. The summed E-state index contributed by atoms with van der Waals surface area (Å²) in [4.78, 5) is 16.1. The first-order valence-corrected chi connectivity index (χ1v) is 10.2. The Hall–Kier alpha value is -2.32. The molecule has 0 radical (unpaired) electrons. The van der Waals surface area contributed by atoms with Crippen LogP contribution in [-0.2, 0) is 19.3 Å². The number of aromatic nitrogens is 1. The van der Waals surface area contributed by atoms with E-state index in [0.717, 1.165) is 43.4 Å². The highest BCUT2D eigenvalue weighted by atomic mass is 35.5. The molecule has 0 bridgehead atoms. The van der Waals surface area contributed by atoms with Gasteiger partial charge in [-0.3, -0.25) is 4.98 Å². The maximum atomic E-state index is 12.9. The molecule has 1 fully saturated rings. The van der Waals surface area contributed by atoms with Gasteiger partial charge in [0.2, 0.25) is 0 Å². The van der Waals surface area contributed by atoms with Crippen molar-refractivity contribution in [2.45, 2.75) is 57.0 Å². The Balaban J connectivity index is 1.40. The highest BCUT2D eigenvalue weighted by Crippen LogP contribution is 2.32. The van der Waals surface area contributed by atoms with E-state index in [4.69, 9.17) is 11.6 Å². The summed E-state index contributed by atoms with van der Waals surface area (Å²) in [5, 5.41) is 9.39. The summed E-state index contributed by atoms with van der Waals surface area (Å²) in [5.41, 5.74) is 0.657. The van der Waals surface area contributed by atoms with Crippen LogP contribution in [0, 0.1) is 0 Å². The summed E-state index contributed by atoms with van der Waals surface area (Å²) < 4.78 is 38.7. The second kappa shape index (κ2) is 10.1. The lowest BCUT2D eigenvalue weighted by atomic mass is 9.91. The van der Waals surface area contributed by atoms with Crippen molar-refractivity contribution in [3.63, 3.8) is 0 Å². The van der Waals surface area contributed by atoms with E-state index < -0.39 is 11.7 Å². The summed E-state index contributed by atoms with van der Waals surface area (Å²) in [6, 6.07) is 7.10. The zero-order valence-electron chi connectivity index (χ0n) is 16.3. The third-order valence-electron chi connectivity index (χ3n) is 5.19. The number of hydrogen-bond donors (Lipinski definition) is 3. The second-order valence-corrected chi connectivity index (χ2v) is 7.83. The minimum absolute atomic E-state index is 0.0779. The summed E-state index contributed by atoms with van der Waals surface area (Å²) in [5.74, 6) is 0. The molecule has 1 aromatic carbocycles. The van der Waals surface area contributed by atoms with Crippen LogP contribution in [0.2, 0.25) is 5.02 Å². The average molecular weight is 441 g/mol. The third kappa shape index (κ3) is 6.60. The number of alkyl halides is 3. The smallest absolute Gasteiger partial charge is 0.335 e. The van der Waals surface area contributed by atoms with Crippen LogP contribution in [0.15, 0.2) is 42.7 Å². The second-order valence-electron chi connectivity index (χ2n) is 7.42. The van der Waals surface area contributed by atoms with Gasteiger partial charge < -0.3 is 16.0 Å². The topological polar surface area (TPSA) is 66.0 Å². The molecule has 1 aromatic heterocycles. The summed E-state index contributed by atoms with van der Waals surface area (Å²) >= 11 is 6.05. The van der Waals surface area contributed by atoms with Crippen LogP contribution in [0.3, 0.4) is 0 Å². The van der Waals surface area contributed by atoms with E-state index in [1.54, 1.807) is 12.4 Å². The van der Waals surface area contributed by atoms with Gasteiger partial charge in [-0.2, -0.15) is 13.2 Å². The zero-order chi connectivity index (χ0) is 21.6. The van der Waals surface area contributed by atoms with Crippen LogP contribution < -0.4 is 16.0 Å². The largest absolute Gasteiger partial charge is 0.416 e. The van der Waals surface area contributed by atoms with Crippen LogP contribution in [0.1, 0.15) is 42.4 Å². The number of hydrogen-bond acceptors (Lipinski definition) is 3. The van der Waals surface area contributed by atoms with Crippen molar-refractivity contribution < 1.29 is 18.0 Å². The van der Waals surface area contributed by atoms with Crippen LogP contribution >= 0.6 is 11.6 Å². The summed E-state index contributed by atoms with van der Waals surface area (Å²) in [6.07, 6.45) is 2.24. The first-order chi connectivity index (χ1) is 14.3. The van der Waals surface area contributed by atoms with E-state index >= 15 is 0 Å². The number of amides is 2. The molecule has 1 saturated carbocycles. The van der Waals surface area contributed by atoms with Crippen molar-refractivity contribution in [1.82, 2.24) is 20.9 Å². The Morgan fingerprint density at radius 2 is 1.83 bits per heavy atom. The Bertz CT molecular complexity index is 840. The maximum Gasteiger partial charge on any atom is 0.416 e. The van der Waals surface area contributed by atoms with Gasteiger partial charge in [0, 0.05) is 42.6 Å². The van der Waals surface area contributed by atoms with Gasteiger partial charge in [-0.1, -0.05) is 17.7 Å². The number of carbonyl (C=O) groups is 1. The minimum atomic E-state index is -4.39. The molecule has 2 aromatic rings. The van der Waals surface area contributed by atoms with Crippen LogP contribution in [0.25, 0.3) is 0 Å². The van der Waals surface area contributed by atoms with Crippen molar-refractivity contribution in [2.75, 3.05) is 0 Å². The van der Waals surface area contributed by atoms with Gasteiger partial charge in [-0.25, -0.2) is 4.79 Å². The molecule has 0 atom stereocenters. The number of carbonyl (C=O) groups excluding carboxylic acids is 1. The fraction of sp³-hybridized carbons (Fsp3) is 0.429. The molecule has 1 aliphatic carbocycles. The van der Waals surface area contributed by atoms with Crippen LogP contribution in [-0.4, -0.2) is 23.1 Å². The molecule has 0 spiro atoms. The number of benzene rings is 1. The molecule has 30 heavy (non-hydrogen) atoms. The molecular formula is C21H24ClF3N4O. The van der Waals surface area contributed by atoms with E-state index in [9.17, 15) is 18.0 Å². The molecule has 5 nitrogen and oxygen atoms in total. The summed E-state index contributed by atoms with van der Waals surface area (Å²) in [7, 11) is 0. The normalized spacial score (nSPS) is 19.3. The molecule has 9 heteroatoms. The molecule has 162 valence electrons. The van der Waals surface area contributed by atoms with Gasteiger partial charge in [0.05, 0.1) is 5.56 Å². The maximum absolute atomic E-state index is 12.9. The number of pyridine rings is 1. The van der Waals surface area contributed by atoms with Crippen molar-refractivity contribution in [1.29, 1.82) is 0 Å². The van der Waals surface area contributed by atoms with Crippen molar-refractivity contribution >= 4 is 17.6 Å². The van der Waals surface area contributed by atoms with Gasteiger partial charge in [-0.05, 0) is 61.1 Å². The molecule has 0 aliphatic heterocycles. The van der Waals surface area contributed by atoms with Crippen LogP contribution in [0.5, 0.6) is 0 Å². The van der Waals surface area contributed by atoms with E-state index in [2.05, 4.69) is 20.9 Å². The predicted octanol–water partition coefficient (Wildman–Crippen LogP) is 4.65. The molecule has 2 amide bonds. The molecule has 1 aliphatic rings.